The predicted octanol–water partition coefficient (Wildman–Crippen LogP) is 0.194. The van der Waals surface area contributed by atoms with E-state index in [4.69, 9.17) is 0 Å². The Morgan fingerprint density at radius 1 is 1.38 bits per heavy atom. The number of aromatic hydroxyl groups is 1. The molecule has 0 aliphatic carbocycles. The lowest BCUT2D eigenvalue weighted by Gasteiger charge is -2.09. The zero-order valence-electron chi connectivity index (χ0n) is 7.51. The van der Waals surface area contributed by atoms with Gasteiger partial charge in [-0.05, 0) is 6.92 Å². The van der Waals surface area contributed by atoms with Gasteiger partial charge in [0.15, 0.2) is 5.88 Å². The van der Waals surface area contributed by atoms with Gasteiger partial charge in [0.25, 0.3) is 5.56 Å². The molecular formula is C8H11N3O2. The van der Waals surface area contributed by atoms with Crippen LogP contribution in [0.4, 0.5) is 11.4 Å². The Morgan fingerprint density at radius 3 is 2.69 bits per heavy atom. The number of aromatic nitrogens is 1. The fraction of sp³-hybridized carbons (Fsp3) is 0.375. The molecule has 0 aromatic carbocycles. The Kier molecular flexibility index (Phi) is 1.48. The van der Waals surface area contributed by atoms with Gasteiger partial charge in [-0.15, -0.1) is 0 Å². The minimum Gasteiger partial charge on any atom is -0.494 e. The normalized spacial score (nSPS) is 13.4. The van der Waals surface area contributed by atoms with Crippen LogP contribution in [0, 0.1) is 6.92 Å². The lowest BCUT2D eigenvalue weighted by Crippen LogP contribution is -2.19. The Bertz CT molecular complexity index is 422. The molecular weight excluding hydrogens is 170 g/mol. The van der Waals surface area contributed by atoms with Gasteiger partial charge in [0.05, 0.1) is 12.4 Å². The van der Waals surface area contributed by atoms with Crippen molar-refractivity contribution in [2.24, 2.45) is 7.05 Å². The van der Waals surface area contributed by atoms with Crippen LogP contribution in [0.25, 0.3) is 0 Å². The van der Waals surface area contributed by atoms with Crippen LogP contribution in [0.2, 0.25) is 0 Å². The molecule has 70 valence electrons. The van der Waals surface area contributed by atoms with Crippen LogP contribution < -0.4 is 16.2 Å². The van der Waals surface area contributed by atoms with E-state index in [0.29, 0.717) is 23.6 Å². The fourth-order valence-electron chi connectivity index (χ4n) is 1.53. The molecule has 1 aliphatic heterocycles. The molecule has 1 aromatic rings. The molecule has 2 heterocycles. The molecule has 0 fully saturated rings. The van der Waals surface area contributed by atoms with E-state index in [9.17, 15) is 9.90 Å². The molecule has 13 heavy (non-hydrogen) atoms. The zero-order valence-corrected chi connectivity index (χ0v) is 7.51. The fourth-order valence-corrected chi connectivity index (χ4v) is 1.53. The summed E-state index contributed by atoms with van der Waals surface area (Å²) in [6.07, 6.45) is 0. The highest BCUT2D eigenvalue weighted by molar-refractivity contribution is 5.77. The van der Waals surface area contributed by atoms with Crippen molar-refractivity contribution in [2.45, 2.75) is 6.92 Å². The molecule has 2 rings (SSSR count). The highest BCUT2D eigenvalue weighted by Crippen LogP contribution is 2.30. The zero-order chi connectivity index (χ0) is 9.59. The van der Waals surface area contributed by atoms with Crippen molar-refractivity contribution in [2.75, 3.05) is 17.3 Å². The number of hydrogen-bond donors (Lipinski definition) is 3. The third-order valence-corrected chi connectivity index (χ3v) is 2.33. The van der Waals surface area contributed by atoms with E-state index in [1.807, 2.05) is 0 Å². The highest BCUT2D eigenvalue weighted by Gasteiger charge is 2.20. The van der Waals surface area contributed by atoms with Gasteiger partial charge in [-0.1, -0.05) is 0 Å². The second-order valence-corrected chi connectivity index (χ2v) is 3.09. The predicted molar refractivity (Wildman–Crippen MR) is 50.2 cm³/mol. The molecule has 0 radical (unpaired) electrons. The highest BCUT2D eigenvalue weighted by atomic mass is 16.3. The SMILES string of the molecule is Cc1c2c(c(=O)n(C)c1O)NCN2. The van der Waals surface area contributed by atoms with Crippen LogP contribution in [0.15, 0.2) is 4.79 Å². The largest absolute Gasteiger partial charge is 0.494 e. The topological polar surface area (TPSA) is 66.3 Å². The van der Waals surface area contributed by atoms with Crippen molar-refractivity contribution in [3.63, 3.8) is 0 Å². The average Bonchev–Trinajstić information content (AvgIpc) is 2.59. The molecule has 0 atom stereocenters. The third-order valence-electron chi connectivity index (χ3n) is 2.33. The minimum atomic E-state index is -0.205. The van der Waals surface area contributed by atoms with E-state index in [2.05, 4.69) is 10.6 Å². The molecule has 0 spiro atoms. The van der Waals surface area contributed by atoms with Crippen LogP contribution in [0.3, 0.4) is 0 Å². The van der Waals surface area contributed by atoms with Gasteiger partial charge in [-0.2, -0.15) is 0 Å². The molecule has 0 saturated carbocycles. The van der Waals surface area contributed by atoms with E-state index >= 15 is 0 Å². The molecule has 0 unspecified atom stereocenters. The van der Waals surface area contributed by atoms with Crippen molar-refractivity contribution < 1.29 is 5.11 Å². The maximum Gasteiger partial charge on any atom is 0.278 e. The van der Waals surface area contributed by atoms with Crippen molar-refractivity contribution >= 4 is 11.4 Å². The maximum absolute atomic E-state index is 11.5. The van der Waals surface area contributed by atoms with Crippen LogP contribution in [0.1, 0.15) is 5.56 Å². The second-order valence-electron chi connectivity index (χ2n) is 3.09. The van der Waals surface area contributed by atoms with Crippen LogP contribution in [-0.2, 0) is 7.05 Å². The molecule has 1 aliphatic rings. The lowest BCUT2D eigenvalue weighted by molar-refractivity contribution is 0.420. The van der Waals surface area contributed by atoms with E-state index in [0.717, 1.165) is 0 Å². The first-order valence-electron chi connectivity index (χ1n) is 4.03. The molecule has 0 saturated heterocycles. The summed E-state index contributed by atoms with van der Waals surface area (Å²) in [6.45, 7) is 2.31. The quantitative estimate of drug-likeness (QED) is 0.534. The number of nitrogens with one attached hydrogen (secondary N) is 2. The standard InChI is InChI=1S/C8H11N3O2/c1-4-5-6(10-3-9-5)8(13)11(2)7(4)12/h9-10,12H,3H2,1-2H3. The third kappa shape index (κ3) is 0.898. The summed E-state index contributed by atoms with van der Waals surface area (Å²) < 4.78 is 1.23. The van der Waals surface area contributed by atoms with E-state index in [-0.39, 0.29) is 11.4 Å². The van der Waals surface area contributed by atoms with Crippen molar-refractivity contribution in [1.29, 1.82) is 0 Å². The molecule has 5 nitrogen and oxygen atoms in total. The maximum atomic E-state index is 11.5. The summed E-state index contributed by atoms with van der Waals surface area (Å²) in [5, 5.41) is 15.5. The number of pyridine rings is 1. The summed E-state index contributed by atoms with van der Waals surface area (Å²) in [7, 11) is 1.55. The van der Waals surface area contributed by atoms with Crippen molar-refractivity contribution in [3.8, 4) is 5.88 Å². The molecule has 1 aromatic heterocycles. The monoisotopic (exact) mass is 181 g/mol. The van der Waals surface area contributed by atoms with Crippen LogP contribution in [0.5, 0.6) is 5.88 Å². The number of fused-ring (bicyclic) bond motifs is 1. The lowest BCUT2D eigenvalue weighted by atomic mass is 10.2. The Hall–Kier alpha value is -1.65. The van der Waals surface area contributed by atoms with Crippen molar-refractivity contribution in [3.05, 3.63) is 15.9 Å². The molecule has 0 bridgehead atoms. The van der Waals surface area contributed by atoms with Gasteiger partial charge < -0.3 is 15.7 Å². The molecule has 0 amide bonds. The molecule has 5 heteroatoms. The van der Waals surface area contributed by atoms with Gasteiger partial charge in [0.1, 0.15) is 5.69 Å². The number of hydrogen-bond acceptors (Lipinski definition) is 4. The number of rotatable bonds is 0. The summed E-state index contributed by atoms with van der Waals surface area (Å²) in [5.41, 5.74) is 1.74. The van der Waals surface area contributed by atoms with Gasteiger partial charge in [-0.3, -0.25) is 9.36 Å². The number of nitrogens with zero attached hydrogens (tertiary/aromatic N) is 1. The first-order chi connectivity index (χ1) is 6.13. The smallest absolute Gasteiger partial charge is 0.278 e. The summed E-state index contributed by atoms with van der Waals surface area (Å²) in [5.74, 6) is 0.0138. The van der Waals surface area contributed by atoms with Gasteiger partial charge in [0, 0.05) is 12.6 Å². The summed E-state index contributed by atoms with van der Waals surface area (Å²) in [4.78, 5) is 11.5. The minimum absolute atomic E-state index is 0.0138. The Labute approximate surface area is 75.0 Å². The van der Waals surface area contributed by atoms with E-state index in [1.54, 1.807) is 14.0 Å². The van der Waals surface area contributed by atoms with Gasteiger partial charge in [0.2, 0.25) is 0 Å². The summed E-state index contributed by atoms with van der Waals surface area (Å²) >= 11 is 0. The Morgan fingerprint density at radius 2 is 2.00 bits per heavy atom. The van der Waals surface area contributed by atoms with Crippen molar-refractivity contribution in [1.82, 2.24) is 4.57 Å². The first kappa shape index (κ1) is 7.97. The first-order valence-corrected chi connectivity index (χ1v) is 4.03. The van der Waals surface area contributed by atoms with E-state index in [1.165, 1.54) is 4.57 Å². The van der Waals surface area contributed by atoms with Gasteiger partial charge >= 0.3 is 0 Å². The van der Waals surface area contributed by atoms with Crippen LogP contribution >= 0.6 is 0 Å². The average molecular weight is 181 g/mol. The Balaban J connectivity index is 2.85. The van der Waals surface area contributed by atoms with E-state index < -0.39 is 0 Å². The summed E-state index contributed by atoms with van der Waals surface area (Å²) in [6, 6.07) is 0. The number of anilines is 2. The van der Waals surface area contributed by atoms with Gasteiger partial charge in [-0.25, -0.2) is 0 Å². The molecule has 3 N–H and O–H groups in total. The second kappa shape index (κ2) is 2.42. The van der Waals surface area contributed by atoms with Crippen LogP contribution in [-0.4, -0.2) is 16.3 Å².